The fourth-order valence-electron chi connectivity index (χ4n) is 0.577. The van der Waals surface area contributed by atoms with Crippen LogP contribution in [0.2, 0.25) is 0 Å². The van der Waals surface area contributed by atoms with Crippen LogP contribution in [-0.4, -0.2) is 9.55 Å². The highest BCUT2D eigenvalue weighted by molar-refractivity contribution is 4.81. The highest BCUT2D eigenvalue weighted by atomic mass is 15.0. The standard InChI is InChI=1S/C6H9N3/c7-2-1-4-9-5-3-8-6-9/h1-3,5-6H,4,7H2/b2-1+. The van der Waals surface area contributed by atoms with Crippen LogP contribution >= 0.6 is 0 Å². The fourth-order valence-corrected chi connectivity index (χ4v) is 0.577. The summed E-state index contributed by atoms with van der Waals surface area (Å²) in [7, 11) is 0. The number of imidazole rings is 1. The highest BCUT2D eigenvalue weighted by Gasteiger charge is 1.80. The number of hydrogen-bond donors (Lipinski definition) is 1. The summed E-state index contributed by atoms with van der Waals surface area (Å²) in [5.74, 6) is 0. The summed E-state index contributed by atoms with van der Waals surface area (Å²) in [6.45, 7) is 0.802. The monoisotopic (exact) mass is 123 g/mol. The van der Waals surface area contributed by atoms with E-state index in [2.05, 4.69) is 4.98 Å². The maximum atomic E-state index is 5.13. The Balaban J connectivity index is 2.48. The zero-order valence-corrected chi connectivity index (χ0v) is 5.07. The van der Waals surface area contributed by atoms with Crippen molar-refractivity contribution in [1.29, 1.82) is 0 Å². The third kappa shape index (κ3) is 1.60. The topological polar surface area (TPSA) is 43.8 Å². The van der Waals surface area contributed by atoms with Gasteiger partial charge < -0.3 is 10.3 Å². The normalized spacial score (nSPS) is 10.7. The predicted molar refractivity (Wildman–Crippen MR) is 35.6 cm³/mol. The minimum atomic E-state index is 0.802. The third-order valence-corrected chi connectivity index (χ3v) is 1.01. The van der Waals surface area contributed by atoms with Crippen molar-refractivity contribution in [2.45, 2.75) is 6.54 Å². The number of nitrogens with zero attached hydrogens (tertiary/aromatic N) is 2. The number of hydrogen-bond acceptors (Lipinski definition) is 2. The second-order valence-electron chi connectivity index (χ2n) is 1.69. The van der Waals surface area contributed by atoms with Gasteiger partial charge in [-0.25, -0.2) is 4.98 Å². The Hall–Kier alpha value is -1.25. The molecule has 0 unspecified atom stereocenters. The molecule has 0 aliphatic heterocycles. The van der Waals surface area contributed by atoms with Gasteiger partial charge in [-0.1, -0.05) is 0 Å². The average Bonchev–Trinajstić information content (AvgIpc) is 2.34. The summed E-state index contributed by atoms with van der Waals surface area (Å²) < 4.78 is 1.93. The van der Waals surface area contributed by atoms with Gasteiger partial charge in [0, 0.05) is 18.9 Å². The van der Waals surface area contributed by atoms with E-state index in [-0.39, 0.29) is 0 Å². The lowest BCUT2D eigenvalue weighted by Crippen LogP contribution is -1.90. The van der Waals surface area contributed by atoms with E-state index in [0.717, 1.165) is 6.54 Å². The molecule has 1 aromatic heterocycles. The van der Waals surface area contributed by atoms with Gasteiger partial charge in [-0.15, -0.1) is 0 Å². The molecule has 0 amide bonds. The van der Waals surface area contributed by atoms with E-state index >= 15 is 0 Å². The minimum absolute atomic E-state index is 0.802. The second-order valence-corrected chi connectivity index (χ2v) is 1.69. The first-order valence-corrected chi connectivity index (χ1v) is 2.76. The molecule has 1 heterocycles. The van der Waals surface area contributed by atoms with Gasteiger partial charge in [-0.3, -0.25) is 0 Å². The predicted octanol–water partition coefficient (Wildman–Crippen LogP) is 0.356. The highest BCUT2D eigenvalue weighted by Crippen LogP contribution is 1.84. The van der Waals surface area contributed by atoms with E-state index in [0.29, 0.717) is 0 Å². The van der Waals surface area contributed by atoms with Crippen molar-refractivity contribution < 1.29 is 0 Å². The molecule has 1 aromatic rings. The smallest absolute Gasteiger partial charge is 0.0948 e. The zero-order valence-electron chi connectivity index (χ0n) is 5.07. The van der Waals surface area contributed by atoms with Gasteiger partial charge in [-0.05, 0) is 12.3 Å². The molecule has 1 rings (SSSR count). The molecule has 3 heteroatoms. The van der Waals surface area contributed by atoms with E-state index < -0.39 is 0 Å². The van der Waals surface area contributed by atoms with Crippen LogP contribution in [0.3, 0.4) is 0 Å². The summed E-state index contributed by atoms with van der Waals surface area (Å²) in [6, 6.07) is 0. The molecule has 0 fully saturated rings. The van der Waals surface area contributed by atoms with Crippen molar-refractivity contribution in [3.8, 4) is 0 Å². The van der Waals surface area contributed by atoms with E-state index in [1.807, 2.05) is 16.8 Å². The van der Waals surface area contributed by atoms with Gasteiger partial charge in [0.25, 0.3) is 0 Å². The third-order valence-electron chi connectivity index (χ3n) is 1.01. The van der Waals surface area contributed by atoms with Crippen LogP contribution in [0.4, 0.5) is 0 Å². The molecule has 0 aromatic carbocycles. The largest absolute Gasteiger partial charge is 0.405 e. The maximum Gasteiger partial charge on any atom is 0.0948 e. The van der Waals surface area contributed by atoms with Crippen LogP contribution in [0.1, 0.15) is 0 Å². The Kier molecular flexibility index (Phi) is 1.90. The Labute approximate surface area is 53.8 Å². The van der Waals surface area contributed by atoms with E-state index in [1.54, 1.807) is 12.5 Å². The van der Waals surface area contributed by atoms with Crippen molar-refractivity contribution in [2.75, 3.05) is 0 Å². The Morgan fingerprint density at radius 1 is 1.67 bits per heavy atom. The molecule has 0 aliphatic carbocycles. The first-order chi connectivity index (χ1) is 4.43. The van der Waals surface area contributed by atoms with E-state index in [1.165, 1.54) is 6.20 Å². The molecule has 0 radical (unpaired) electrons. The van der Waals surface area contributed by atoms with Gasteiger partial charge in [0.15, 0.2) is 0 Å². The van der Waals surface area contributed by atoms with Crippen molar-refractivity contribution >= 4 is 0 Å². The first kappa shape index (κ1) is 5.88. The molecular weight excluding hydrogens is 114 g/mol. The number of nitrogens with two attached hydrogens (primary N) is 1. The van der Waals surface area contributed by atoms with Gasteiger partial charge in [0.2, 0.25) is 0 Å². The lowest BCUT2D eigenvalue weighted by Gasteiger charge is -1.91. The van der Waals surface area contributed by atoms with Crippen molar-refractivity contribution in [2.24, 2.45) is 5.73 Å². The Morgan fingerprint density at radius 3 is 3.11 bits per heavy atom. The molecule has 9 heavy (non-hydrogen) atoms. The lowest BCUT2D eigenvalue weighted by molar-refractivity contribution is 0.819. The molecule has 2 N–H and O–H groups in total. The summed E-state index contributed by atoms with van der Waals surface area (Å²) in [5.41, 5.74) is 5.13. The summed E-state index contributed by atoms with van der Waals surface area (Å²) in [4.78, 5) is 3.86. The quantitative estimate of drug-likeness (QED) is 0.616. The van der Waals surface area contributed by atoms with E-state index in [4.69, 9.17) is 5.73 Å². The average molecular weight is 123 g/mol. The maximum absolute atomic E-state index is 5.13. The van der Waals surface area contributed by atoms with Crippen LogP contribution in [0.15, 0.2) is 31.0 Å². The molecule has 3 nitrogen and oxygen atoms in total. The molecule has 0 saturated carbocycles. The molecule has 48 valence electrons. The van der Waals surface area contributed by atoms with Crippen LogP contribution in [0.25, 0.3) is 0 Å². The van der Waals surface area contributed by atoms with Gasteiger partial charge in [0.1, 0.15) is 0 Å². The number of aromatic nitrogens is 2. The van der Waals surface area contributed by atoms with Crippen LogP contribution in [0.5, 0.6) is 0 Å². The molecule has 0 aliphatic rings. The molecule has 0 bridgehead atoms. The minimum Gasteiger partial charge on any atom is -0.405 e. The summed E-state index contributed by atoms with van der Waals surface area (Å²) >= 11 is 0. The van der Waals surface area contributed by atoms with Gasteiger partial charge in [-0.2, -0.15) is 0 Å². The van der Waals surface area contributed by atoms with Crippen LogP contribution in [0, 0.1) is 0 Å². The molecule has 0 saturated heterocycles. The Bertz CT molecular complexity index is 176. The van der Waals surface area contributed by atoms with Crippen molar-refractivity contribution in [3.05, 3.63) is 31.0 Å². The molecular formula is C6H9N3. The Morgan fingerprint density at radius 2 is 2.56 bits per heavy atom. The summed E-state index contributed by atoms with van der Waals surface area (Å²) in [5, 5.41) is 0. The number of allylic oxidation sites excluding steroid dienone is 1. The fraction of sp³-hybridized carbons (Fsp3) is 0.167. The zero-order chi connectivity index (χ0) is 6.53. The van der Waals surface area contributed by atoms with E-state index in [9.17, 15) is 0 Å². The lowest BCUT2D eigenvalue weighted by atomic mass is 10.6. The second kappa shape index (κ2) is 2.91. The summed E-state index contributed by atoms with van der Waals surface area (Å²) in [6.07, 6.45) is 8.77. The SMILES string of the molecule is N/C=C/Cn1ccnc1. The van der Waals surface area contributed by atoms with Crippen LogP contribution < -0.4 is 5.73 Å². The van der Waals surface area contributed by atoms with Crippen molar-refractivity contribution in [1.82, 2.24) is 9.55 Å². The molecule has 0 spiro atoms. The van der Waals surface area contributed by atoms with Crippen molar-refractivity contribution in [3.63, 3.8) is 0 Å². The van der Waals surface area contributed by atoms with Gasteiger partial charge in [0.05, 0.1) is 6.33 Å². The number of rotatable bonds is 2. The molecule has 0 atom stereocenters. The van der Waals surface area contributed by atoms with Crippen LogP contribution in [-0.2, 0) is 6.54 Å². The first-order valence-electron chi connectivity index (χ1n) is 2.76. The van der Waals surface area contributed by atoms with Gasteiger partial charge >= 0.3 is 0 Å².